The van der Waals surface area contributed by atoms with Gasteiger partial charge < -0.3 is 30.0 Å². The molecule has 9 nitrogen and oxygen atoms in total. The highest BCUT2D eigenvalue weighted by Gasteiger charge is 2.31. The van der Waals surface area contributed by atoms with Gasteiger partial charge in [0.1, 0.15) is 6.61 Å². The van der Waals surface area contributed by atoms with Gasteiger partial charge in [-0.3, -0.25) is 14.4 Å². The van der Waals surface area contributed by atoms with Crippen LogP contribution in [0.15, 0.2) is 0 Å². The van der Waals surface area contributed by atoms with Gasteiger partial charge in [-0.1, -0.05) is 0 Å². The number of hydrogen-bond donors (Lipinski definition) is 3. The first-order valence-corrected chi connectivity index (χ1v) is 4.72. The quantitative estimate of drug-likeness (QED) is 0.505. The fourth-order valence-corrected chi connectivity index (χ4v) is 0.605. The molecule has 0 aromatic carbocycles. The first-order chi connectivity index (χ1) is 16.7. The van der Waals surface area contributed by atoms with Crippen molar-refractivity contribution >= 4 is 17.7 Å². The zero-order valence-corrected chi connectivity index (χ0v) is 10.3. The van der Waals surface area contributed by atoms with E-state index in [2.05, 4.69) is 0 Å². The Morgan fingerprint density at radius 1 is 0.857 bits per heavy atom. The van der Waals surface area contributed by atoms with E-state index in [9.17, 15) is 24.6 Å². The summed E-state index contributed by atoms with van der Waals surface area (Å²) >= 11 is 0. The van der Waals surface area contributed by atoms with Crippen molar-refractivity contribution in [3.63, 3.8) is 0 Å². The van der Waals surface area contributed by atoms with Gasteiger partial charge in [-0.2, -0.15) is 0 Å². The fourth-order valence-electron chi connectivity index (χ4n) is 0.605. The Morgan fingerprint density at radius 2 is 1.19 bits per heavy atom. The number of rotatable bonds is 4. The van der Waals surface area contributed by atoms with Crippen molar-refractivity contribution in [1.82, 2.24) is 14.7 Å². The van der Waals surface area contributed by atoms with Crippen LogP contribution in [0.4, 0.5) is 0 Å². The number of amides is 3. The molecular weight excluding hydrogens is 282 g/mol. The summed E-state index contributed by atoms with van der Waals surface area (Å²) in [5.74, 6) is -5.65. The van der Waals surface area contributed by atoms with E-state index < -0.39 is 88.2 Å². The van der Waals surface area contributed by atoms with E-state index in [1.54, 1.807) is 0 Å². The first kappa shape index (κ1) is 5.18. The lowest BCUT2D eigenvalue weighted by atomic mass is 10.1. The second-order valence-electron chi connectivity index (χ2n) is 3.12. The highest BCUT2D eigenvalue weighted by atomic mass is 16.3. The molecule has 21 heavy (non-hydrogen) atoms. The average molecular weight is 325 g/mol. The van der Waals surface area contributed by atoms with Crippen molar-refractivity contribution in [3.05, 3.63) is 0 Å². The molecule has 0 aliphatic carbocycles. The van der Waals surface area contributed by atoms with Crippen LogP contribution in [-0.2, 0) is 14.4 Å². The van der Waals surface area contributed by atoms with Gasteiger partial charge in [0, 0.05) is 66.5 Å². The average Bonchev–Trinajstić information content (AvgIpc) is 2.59. The molecule has 0 aromatic heterocycles. The highest BCUT2D eigenvalue weighted by Crippen LogP contribution is 2.00. The Hall–Kier alpha value is -1.71. The van der Waals surface area contributed by atoms with Crippen LogP contribution in [0.1, 0.15) is 24.7 Å². The molecule has 0 spiro atoms. The second kappa shape index (κ2) is 10.1. The molecule has 2 atom stereocenters. The molecule has 0 rings (SSSR count). The summed E-state index contributed by atoms with van der Waals surface area (Å²) < 4.78 is 125. The molecule has 0 aromatic rings. The number of carbonyl (C=O) groups excluding carboxylic acids is 3. The number of aliphatic hydroxyl groups excluding tert-OH is 3. The lowest BCUT2D eigenvalue weighted by Crippen LogP contribution is -2.48. The molecule has 0 aliphatic rings. The van der Waals surface area contributed by atoms with E-state index in [1.165, 1.54) is 0 Å². The summed E-state index contributed by atoms with van der Waals surface area (Å²) in [4.78, 5) is 32.8. The Bertz CT molecular complexity index is 767. The number of hydrogen-bond acceptors (Lipinski definition) is 6. The first-order valence-electron chi connectivity index (χ1n) is 13.7. The van der Waals surface area contributed by atoms with Gasteiger partial charge in [-0.05, 0) is 0 Å². The van der Waals surface area contributed by atoms with Crippen molar-refractivity contribution in [1.29, 1.82) is 0 Å². The lowest BCUT2D eigenvalue weighted by Gasteiger charge is -2.22. The van der Waals surface area contributed by atoms with Gasteiger partial charge >= 0.3 is 0 Å². The molecule has 0 aliphatic heterocycles. The molecule has 124 valence electrons. The molecular formula is C12H25N3O6. The van der Waals surface area contributed by atoms with Gasteiger partial charge in [-0.25, -0.2) is 0 Å². The fraction of sp³-hybridized carbons (Fsp3) is 0.750. The molecule has 3 N–H and O–H groups in total. The van der Waals surface area contributed by atoms with Crippen LogP contribution < -0.4 is 0 Å². The monoisotopic (exact) mass is 325 g/mol. The third-order valence-corrected chi connectivity index (χ3v) is 1.63. The smallest absolute Gasteiger partial charge is 0.254 e. The number of nitrogens with zero attached hydrogens (tertiary/aromatic N) is 3. The molecule has 0 heterocycles. The molecule has 0 saturated carbocycles. The minimum absolute atomic E-state index is 0.292. The van der Waals surface area contributed by atoms with Crippen LogP contribution in [0.5, 0.6) is 0 Å². The third kappa shape index (κ3) is 8.23. The van der Waals surface area contributed by atoms with Crippen LogP contribution in [0.25, 0.3) is 0 Å². The predicted molar refractivity (Wildman–Crippen MR) is 75.2 cm³/mol. The molecule has 0 fully saturated rings. The summed E-state index contributed by atoms with van der Waals surface area (Å²) in [5, 5.41) is 27.7. The Balaban J connectivity index is 0. The van der Waals surface area contributed by atoms with E-state index >= 15 is 0 Å². The van der Waals surface area contributed by atoms with Crippen LogP contribution in [0.2, 0.25) is 0 Å². The number of aliphatic hydroxyl groups is 3. The highest BCUT2D eigenvalue weighted by molar-refractivity contribution is 5.90. The lowest BCUT2D eigenvalue weighted by molar-refractivity contribution is -0.155. The summed E-state index contributed by atoms with van der Waals surface area (Å²) in [6.45, 7) is -21.7. The molecule has 9 heteroatoms. The Kier molecular flexibility index (Phi) is 2.49. The van der Waals surface area contributed by atoms with Crippen LogP contribution >= 0.6 is 0 Å². The maximum absolute atomic E-state index is 11.9. The van der Waals surface area contributed by atoms with Crippen molar-refractivity contribution in [3.8, 4) is 0 Å². The maximum Gasteiger partial charge on any atom is 0.254 e. The van der Waals surface area contributed by atoms with Crippen molar-refractivity contribution in [2.45, 2.75) is 12.2 Å². The SMILES string of the molecule is [2H]C([2H])([2H])N(C(=O)C(O)C(O)C(=O)N(C([2H])([2H])[2H])C([2H])([2H])[2H])C([2H])([2H])[2H].[2H]C([2H])([2H])N(C(=O)CO)C([2H])([2H])[2H]. The zero-order valence-electron chi connectivity index (χ0n) is 28.3. The van der Waals surface area contributed by atoms with E-state index in [-0.39, 0.29) is 4.90 Å². The third-order valence-electron chi connectivity index (χ3n) is 1.63. The topological polar surface area (TPSA) is 122 Å². The summed E-state index contributed by atoms with van der Waals surface area (Å²) in [7, 11) is 0. The van der Waals surface area contributed by atoms with Crippen LogP contribution in [-0.4, -0.2) is 108 Å². The Morgan fingerprint density at radius 3 is 1.38 bits per heavy atom. The summed E-state index contributed by atoms with van der Waals surface area (Å²) in [6, 6.07) is 0. The molecule has 0 saturated heterocycles. The minimum atomic E-state index is -3.61. The van der Waals surface area contributed by atoms with Gasteiger partial charge in [0.15, 0.2) is 12.2 Å². The molecule has 3 amide bonds. The normalized spacial score (nSPS) is 28.7. The standard InChI is InChI=1S/C8H16N2O4.C4H9NO2/c1-9(2)7(13)5(11)6(12)8(14)10(3)4;1-5(2)4(7)3-6/h5-6,11-12H,1-4H3;6H,3H2,1-2H3/i1D3,2D3,3D3,4D3;1D3,2D3. The predicted octanol–water partition coefficient (Wildman–Crippen LogP) is -3.05. The molecule has 0 radical (unpaired) electrons. The van der Waals surface area contributed by atoms with Crippen LogP contribution in [0, 0.1) is 0 Å². The van der Waals surface area contributed by atoms with Gasteiger partial charge in [0.05, 0.1) is 0 Å². The second-order valence-corrected chi connectivity index (χ2v) is 3.12. The van der Waals surface area contributed by atoms with Crippen molar-refractivity contribution in [2.24, 2.45) is 0 Å². The van der Waals surface area contributed by atoms with E-state index in [0.29, 0.717) is 0 Å². The largest absolute Gasteiger partial charge is 0.387 e. The van der Waals surface area contributed by atoms with Gasteiger partial charge in [-0.15, -0.1) is 0 Å². The number of carbonyl (C=O) groups is 3. The number of likely N-dealkylation sites (N-methyl/N-ethyl adjacent to an activating group) is 3. The summed E-state index contributed by atoms with van der Waals surface area (Å²) in [6.07, 6.45) is -6.09. The Labute approximate surface area is 149 Å². The van der Waals surface area contributed by atoms with Crippen molar-refractivity contribution in [2.75, 3.05) is 48.5 Å². The van der Waals surface area contributed by atoms with Gasteiger partial charge in [0.2, 0.25) is 5.91 Å². The zero-order chi connectivity index (χ0) is 32.3. The minimum Gasteiger partial charge on any atom is -0.387 e. The van der Waals surface area contributed by atoms with E-state index in [4.69, 9.17) is 29.8 Å². The summed E-state index contributed by atoms with van der Waals surface area (Å²) in [5.41, 5.74) is 0. The van der Waals surface area contributed by atoms with E-state index in [0.717, 1.165) is 0 Å². The molecule has 2 unspecified atom stereocenters. The van der Waals surface area contributed by atoms with Crippen LogP contribution in [0.3, 0.4) is 0 Å². The van der Waals surface area contributed by atoms with Gasteiger partial charge in [0.25, 0.3) is 11.8 Å². The maximum atomic E-state index is 11.9. The van der Waals surface area contributed by atoms with Crippen molar-refractivity contribution < 1.29 is 54.4 Å². The molecule has 0 bridgehead atoms. The van der Waals surface area contributed by atoms with E-state index in [1.807, 2.05) is 0 Å².